The zero-order valence-electron chi connectivity index (χ0n) is 12.2. The second-order valence-corrected chi connectivity index (χ2v) is 5.53. The first-order chi connectivity index (χ1) is 11.0. The van der Waals surface area contributed by atoms with Crippen LogP contribution in [-0.2, 0) is 0 Å². The molecule has 0 bridgehead atoms. The van der Waals surface area contributed by atoms with Gasteiger partial charge in [-0.2, -0.15) is 4.99 Å². The highest BCUT2D eigenvalue weighted by Crippen LogP contribution is 2.30. The topological polar surface area (TPSA) is 81.5 Å². The molecule has 0 saturated heterocycles. The molecule has 3 rings (SSSR count). The quantitative estimate of drug-likeness (QED) is 0.558. The van der Waals surface area contributed by atoms with Crippen molar-refractivity contribution in [3.8, 4) is 11.1 Å². The van der Waals surface area contributed by atoms with Gasteiger partial charge in [-0.25, -0.2) is 0 Å². The predicted octanol–water partition coefficient (Wildman–Crippen LogP) is 3.57. The number of nitrogens with two attached hydrogens (primary N) is 2. The second-order valence-electron chi connectivity index (χ2n) is 5.09. The summed E-state index contributed by atoms with van der Waals surface area (Å²) < 4.78 is 0. The summed E-state index contributed by atoms with van der Waals surface area (Å²) in [5.41, 5.74) is 13.0. The molecule has 4 N–H and O–H groups in total. The van der Waals surface area contributed by atoms with E-state index in [4.69, 9.17) is 23.1 Å². The molecule has 0 aliphatic rings. The van der Waals surface area contributed by atoms with Gasteiger partial charge >= 0.3 is 0 Å². The van der Waals surface area contributed by atoms with E-state index in [0.29, 0.717) is 10.6 Å². The Morgan fingerprint density at radius 3 is 2.39 bits per heavy atom. The average molecular weight is 324 g/mol. The Morgan fingerprint density at radius 1 is 0.957 bits per heavy atom. The smallest absolute Gasteiger partial charge is 0.280 e. The summed E-state index contributed by atoms with van der Waals surface area (Å²) in [5, 5.41) is 2.66. The van der Waals surface area contributed by atoms with Gasteiger partial charge in [-0.1, -0.05) is 48.0 Å². The molecule has 114 valence electrons. The molecule has 4 nitrogen and oxygen atoms in total. The molecule has 0 spiro atoms. The maximum absolute atomic E-state index is 12.0. The zero-order valence-corrected chi connectivity index (χ0v) is 12.9. The van der Waals surface area contributed by atoms with Gasteiger partial charge in [0.05, 0.1) is 0 Å². The highest BCUT2D eigenvalue weighted by Gasteiger charge is 2.09. The lowest BCUT2D eigenvalue weighted by Crippen LogP contribution is -2.24. The van der Waals surface area contributed by atoms with Crippen LogP contribution in [-0.4, -0.2) is 11.9 Å². The van der Waals surface area contributed by atoms with Crippen molar-refractivity contribution in [2.75, 3.05) is 0 Å². The van der Waals surface area contributed by atoms with E-state index in [1.54, 1.807) is 12.1 Å². The van der Waals surface area contributed by atoms with Crippen LogP contribution in [0.25, 0.3) is 21.9 Å². The number of carbonyl (C=O) groups excluding carboxylic acids is 1. The lowest BCUT2D eigenvalue weighted by atomic mass is 9.96. The van der Waals surface area contributed by atoms with E-state index in [0.717, 1.165) is 21.9 Å². The van der Waals surface area contributed by atoms with E-state index in [9.17, 15) is 4.79 Å². The van der Waals surface area contributed by atoms with Crippen LogP contribution in [0.15, 0.2) is 65.7 Å². The van der Waals surface area contributed by atoms with Gasteiger partial charge in [0.25, 0.3) is 5.91 Å². The number of halogens is 1. The second kappa shape index (κ2) is 6.10. The SMILES string of the molecule is NC(N)=NC(=O)c1ccc2cccc(-c3ccc(Cl)cc3)c2c1. The van der Waals surface area contributed by atoms with Crippen LogP contribution in [0.1, 0.15) is 10.4 Å². The number of fused-ring (bicyclic) bond motifs is 1. The lowest BCUT2D eigenvalue weighted by Gasteiger charge is -2.08. The monoisotopic (exact) mass is 323 g/mol. The summed E-state index contributed by atoms with van der Waals surface area (Å²) in [7, 11) is 0. The molecule has 0 heterocycles. The summed E-state index contributed by atoms with van der Waals surface area (Å²) >= 11 is 5.95. The van der Waals surface area contributed by atoms with Gasteiger partial charge in [-0.05, 0) is 46.2 Å². The fraction of sp³-hybridized carbons (Fsp3) is 0. The third kappa shape index (κ3) is 3.17. The molecule has 0 radical (unpaired) electrons. The van der Waals surface area contributed by atoms with E-state index in [1.807, 2.05) is 48.5 Å². The van der Waals surface area contributed by atoms with Gasteiger partial charge in [0, 0.05) is 10.6 Å². The van der Waals surface area contributed by atoms with Crippen molar-refractivity contribution in [1.29, 1.82) is 0 Å². The maximum atomic E-state index is 12.0. The molecule has 0 unspecified atom stereocenters. The lowest BCUT2D eigenvalue weighted by molar-refractivity contribution is 0.100. The summed E-state index contributed by atoms with van der Waals surface area (Å²) in [6, 6.07) is 18.9. The van der Waals surface area contributed by atoms with Crippen molar-refractivity contribution in [3.05, 3.63) is 71.2 Å². The molecule has 1 amide bonds. The van der Waals surface area contributed by atoms with E-state index >= 15 is 0 Å². The minimum Gasteiger partial charge on any atom is -0.370 e. The first-order valence-corrected chi connectivity index (χ1v) is 7.35. The molecule has 5 heteroatoms. The Kier molecular flexibility index (Phi) is 4.00. The van der Waals surface area contributed by atoms with Gasteiger partial charge in [0.1, 0.15) is 0 Å². The summed E-state index contributed by atoms with van der Waals surface area (Å²) in [4.78, 5) is 15.6. The van der Waals surface area contributed by atoms with Crippen molar-refractivity contribution >= 4 is 34.2 Å². The normalized spacial score (nSPS) is 10.5. The Hall–Kier alpha value is -2.85. The van der Waals surface area contributed by atoms with E-state index in [-0.39, 0.29) is 5.96 Å². The summed E-state index contributed by atoms with van der Waals surface area (Å²) in [6.07, 6.45) is 0. The van der Waals surface area contributed by atoms with Gasteiger partial charge in [0.15, 0.2) is 5.96 Å². The Morgan fingerprint density at radius 2 is 1.70 bits per heavy atom. The van der Waals surface area contributed by atoms with Gasteiger partial charge in [-0.3, -0.25) is 4.79 Å². The van der Waals surface area contributed by atoms with E-state index < -0.39 is 5.91 Å². The highest BCUT2D eigenvalue weighted by molar-refractivity contribution is 6.30. The number of guanidine groups is 1. The maximum Gasteiger partial charge on any atom is 0.280 e. The third-order valence-electron chi connectivity index (χ3n) is 3.51. The van der Waals surface area contributed by atoms with Crippen LogP contribution in [0.4, 0.5) is 0 Å². The van der Waals surface area contributed by atoms with Crippen molar-refractivity contribution in [1.82, 2.24) is 0 Å². The first kappa shape index (κ1) is 15.1. The number of carbonyl (C=O) groups is 1. The van der Waals surface area contributed by atoms with Crippen molar-refractivity contribution in [2.45, 2.75) is 0 Å². The molecule has 3 aromatic carbocycles. The van der Waals surface area contributed by atoms with Crippen LogP contribution >= 0.6 is 11.6 Å². The fourth-order valence-corrected chi connectivity index (χ4v) is 2.59. The van der Waals surface area contributed by atoms with Crippen molar-refractivity contribution < 1.29 is 4.79 Å². The summed E-state index contributed by atoms with van der Waals surface area (Å²) in [5.74, 6) is -0.709. The minimum atomic E-state index is -0.460. The molecular weight excluding hydrogens is 310 g/mol. The number of hydrogen-bond donors (Lipinski definition) is 2. The largest absolute Gasteiger partial charge is 0.370 e. The molecule has 23 heavy (non-hydrogen) atoms. The Labute approximate surface area is 138 Å². The average Bonchev–Trinajstić information content (AvgIpc) is 2.54. The molecule has 0 aliphatic heterocycles. The Bertz CT molecular complexity index is 913. The molecule has 3 aromatic rings. The molecule has 0 aliphatic carbocycles. The van der Waals surface area contributed by atoms with Crippen LogP contribution < -0.4 is 11.5 Å². The fourth-order valence-electron chi connectivity index (χ4n) is 2.47. The zero-order chi connectivity index (χ0) is 16.4. The van der Waals surface area contributed by atoms with Gasteiger partial charge in [-0.15, -0.1) is 0 Å². The van der Waals surface area contributed by atoms with Crippen molar-refractivity contribution in [2.24, 2.45) is 16.5 Å². The Balaban J connectivity index is 2.17. The van der Waals surface area contributed by atoms with Crippen LogP contribution in [0.3, 0.4) is 0 Å². The summed E-state index contributed by atoms with van der Waals surface area (Å²) in [6.45, 7) is 0. The van der Waals surface area contributed by atoms with Gasteiger partial charge in [0.2, 0.25) is 0 Å². The van der Waals surface area contributed by atoms with E-state index in [1.165, 1.54) is 0 Å². The van der Waals surface area contributed by atoms with Crippen molar-refractivity contribution in [3.63, 3.8) is 0 Å². The standard InChI is InChI=1S/C18H14ClN3O/c19-14-8-6-12(7-9-14)15-3-1-2-11-4-5-13(10-16(11)15)17(23)22-18(20)21/h1-10H,(H4,20,21,22,23). The van der Waals surface area contributed by atoms with Crippen LogP contribution in [0, 0.1) is 0 Å². The molecule has 0 saturated carbocycles. The van der Waals surface area contributed by atoms with E-state index in [2.05, 4.69) is 4.99 Å². The molecule has 0 atom stereocenters. The highest BCUT2D eigenvalue weighted by atomic mass is 35.5. The third-order valence-corrected chi connectivity index (χ3v) is 3.77. The predicted molar refractivity (Wildman–Crippen MR) is 94.5 cm³/mol. The number of nitrogens with zero attached hydrogens (tertiary/aromatic N) is 1. The van der Waals surface area contributed by atoms with Gasteiger partial charge < -0.3 is 11.5 Å². The van der Waals surface area contributed by atoms with Crippen LogP contribution in [0.2, 0.25) is 5.02 Å². The molecule has 0 fully saturated rings. The number of benzene rings is 3. The minimum absolute atomic E-state index is 0.249. The number of amides is 1. The first-order valence-electron chi connectivity index (χ1n) is 6.97. The van der Waals surface area contributed by atoms with Crippen LogP contribution in [0.5, 0.6) is 0 Å². The number of hydrogen-bond acceptors (Lipinski definition) is 1. The molecule has 0 aromatic heterocycles. The molecular formula is C18H14ClN3O. The number of aliphatic imine (C=N–C) groups is 1. The number of rotatable bonds is 2.